The van der Waals surface area contributed by atoms with E-state index in [0.717, 1.165) is 25.7 Å². The molecular formula is C16H20N2O2. The fourth-order valence-electron chi connectivity index (χ4n) is 2.00. The first-order valence-corrected chi connectivity index (χ1v) is 6.87. The number of aliphatic imine (C=N–C) groups is 2. The van der Waals surface area contributed by atoms with Crippen LogP contribution in [-0.4, -0.2) is 24.2 Å². The van der Waals surface area contributed by atoms with Gasteiger partial charge in [0, 0.05) is 0 Å². The Morgan fingerprint density at radius 3 is 1.80 bits per heavy atom. The summed E-state index contributed by atoms with van der Waals surface area (Å²) in [6.07, 6.45) is 6.64. The van der Waals surface area contributed by atoms with Gasteiger partial charge in [0.1, 0.15) is 0 Å². The van der Waals surface area contributed by atoms with E-state index in [1.807, 2.05) is 19.9 Å². The second kappa shape index (κ2) is 8.98. The molecule has 2 unspecified atom stereocenters. The Hall–Kier alpha value is -2.02. The number of nitrogens with zero attached hydrogens (tertiary/aromatic N) is 2. The highest BCUT2D eigenvalue weighted by Gasteiger charge is 2.03. The Balaban J connectivity index is 2.52. The minimum atomic E-state index is 0.0121. The van der Waals surface area contributed by atoms with Gasteiger partial charge < -0.3 is 0 Å². The van der Waals surface area contributed by atoms with Gasteiger partial charge in [0.25, 0.3) is 0 Å². The molecule has 20 heavy (non-hydrogen) atoms. The molecule has 0 N–H and O–H groups in total. The van der Waals surface area contributed by atoms with Crippen molar-refractivity contribution in [2.24, 2.45) is 9.98 Å². The summed E-state index contributed by atoms with van der Waals surface area (Å²) in [7, 11) is 0. The molecule has 4 nitrogen and oxygen atoms in total. The van der Waals surface area contributed by atoms with Crippen molar-refractivity contribution in [3.8, 4) is 0 Å². The van der Waals surface area contributed by atoms with Crippen molar-refractivity contribution in [2.75, 3.05) is 0 Å². The third kappa shape index (κ3) is 6.24. The molecule has 0 aliphatic carbocycles. The highest BCUT2D eigenvalue weighted by atomic mass is 16.1. The van der Waals surface area contributed by atoms with E-state index in [4.69, 9.17) is 0 Å². The molecule has 1 aromatic carbocycles. The van der Waals surface area contributed by atoms with Crippen LogP contribution < -0.4 is 0 Å². The van der Waals surface area contributed by atoms with E-state index in [0.29, 0.717) is 0 Å². The van der Waals surface area contributed by atoms with Crippen LogP contribution in [0.1, 0.15) is 37.8 Å². The largest absolute Gasteiger partial charge is 0.235 e. The molecule has 106 valence electrons. The van der Waals surface area contributed by atoms with E-state index in [1.54, 1.807) is 12.2 Å². The van der Waals surface area contributed by atoms with Crippen LogP contribution >= 0.6 is 0 Å². The van der Waals surface area contributed by atoms with Gasteiger partial charge in [-0.15, -0.1) is 0 Å². The van der Waals surface area contributed by atoms with Gasteiger partial charge in [-0.1, -0.05) is 24.3 Å². The van der Waals surface area contributed by atoms with Gasteiger partial charge in [-0.05, 0) is 50.7 Å². The molecule has 4 heteroatoms. The Labute approximate surface area is 119 Å². The number of hydrogen-bond acceptors (Lipinski definition) is 4. The monoisotopic (exact) mass is 272 g/mol. The van der Waals surface area contributed by atoms with Crippen molar-refractivity contribution >= 4 is 12.2 Å². The second-order valence-corrected chi connectivity index (χ2v) is 5.04. The average Bonchev–Trinajstić information content (AvgIpc) is 2.44. The van der Waals surface area contributed by atoms with Crippen molar-refractivity contribution in [3.05, 3.63) is 35.4 Å². The first-order chi connectivity index (χ1) is 9.65. The topological polar surface area (TPSA) is 58.9 Å². The maximum atomic E-state index is 10.2. The van der Waals surface area contributed by atoms with Crippen LogP contribution in [0.4, 0.5) is 0 Å². The first-order valence-electron chi connectivity index (χ1n) is 6.87. The Morgan fingerprint density at radius 1 is 0.950 bits per heavy atom. The molecule has 0 fully saturated rings. The van der Waals surface area contributed by atoms with Crippen LogP contribution in [-0.2, 0) is 22.4 Å². The minimum Gasteiger partial charge on any atom is -0.211 e. The molecule has 0 bridgehead atoms. The molecule has 0 saturated heterocycles. The number of benzene rings is 1. The Morgan fingerprint density at radius 2 is 1.40 bits per heavy atom. The van der Waals surface area contributed by atoms with E-state index in [9.17, 15) is 9.59 Å². The zero-order valence-corrected chi connectivity index (χ0v) is 12.0. The summed E-state index contributed by atoms with van der Waals surface area (Å²) in [5.41, 5.74) is 2.48. The fraction of sp³-hybridized carbons (Fsp3) is 0.500. The lowest BCUT2D eigenvalue weighted by molar-refractivity contribution is 0.554. The maximum Gasteiger partial charge on any atom is 0.235 e. The van der Waals surface area contributed by atoms with Crippen molar-refractivity contribution in [3.63, 3.8) is 0 Å². The quantitative estimate of drug-likeness (QED) is 0.539. The third-order valence-corrected chi connectivity index (χ3v) is 3.24. The normalized spacial score (nSPS) is 12.9. The fourth-order valence-corrected chi connectivity index (χ4v) is 2.00. The van der Waals surface area contributed by atoms with Gasteiger partial charge >= 0.3 is 0 Å². The van der Waals surface area contributed by atoms with Gasteiger partial charge in [0.05, 0.1) is 12.1 Å². The van der Waals surface area contributed by atoms with Crippen LogP contribution in [0.25, 0.3) is 0 Å². The van der Waals surface area contributed by atoms with Crippen LogP contribution in [0.5, 0.6) is 0 Å². The Bertz CT molecular complexity index is 472. The summed E-state index contributed by atoms with van der Waals surface area (Å²) >= 11 is 0. The molecule has 0 amide bonds. The lowest BCUT2D eigenvalue weighted by Crippen LogP contribution is -2.02. The van der Waals surface area contributed by atoms with Gasteiger partial charge in [-0.25, -0.2) is 19.6 Å². The smallest absolute Gasteiger partial charge is 0.211 e. The molecule has 2 atom stereocenters. The van der Waals surface area contributed by atoms with Crippen molar-refractivity contribution in [1.82, 2.24) is 0 Å². The summed E-state index contributed by atoms with van der Waals surface area (Å²) in [6, 6.07) is 8.37. The Kier molecular flexibility index (Phi) is 7.20. The standard InChI is InChI=1S/C16H20N2O2/c1-13(17-11-19)6-8-15-4-3-5-16(10-15)9-7-14(2)18-12-20/h3-5,10,13-14H,6-9H2,1-2H3. The van der Waals surface area contributed by atoms with E-state index >= 15 is 0 Å². The van der Waals surface area contributed by atoms with Crippen LogP contribution in [0.2, 0.25) is 0 Å². The van der Waals surface area contributed by atoms with Gasteiger partial charge in [-0.2, -0.15) is 0 Å². The summed E-state index contributed by atoms with van der Waals surface area (Å²) in [5.74, 6) is 0. The summed E-state index contributed by atoms with van der Waals surface area (Å²) < 4.78 is 0. The first kappa shape index (κ1) is 16.0. The zero-order chi connectivity index (χ0) is 14.8. The number of rotatable bonds is 8. The predicted molar refractivity (Wildman–Crippen MR) is 78.3 cm³/mol. The molecular weight excluding hydrogens is 252 g/mol. The van der Waals surface area contributed by atoms with Crippen LogP contribution in [0.3, 0.4) is 0 Å². The average molecular weight is 272 g/mol. The zero-order valence-electron chi connectivity index (χ0n) is 12.0. The van der Waals surface area contributed by atoms with E-state index in [-0.39, 0.29) is 12.1 Å². The van der Waals surface area contributed by atoms with E-state index in [2.05, 4.69) is 28.2 Å². The van der Waals surface area contributed by atoms with Crippen molar-refractivity contribution < 1.29 is 9.59 Å². The second-order valence-electron chi connectivity index (χ2n) is 5.04. The number of isocyanates is 2. The summed E-state index contributed by atoms with van der Waals surface area (Å²) in [5, 5.41) is 0. The third-order valence-electron chi connectivity index (χ3n) is 3.24. The highest BCUT2D eigenvalue weighted by Crippen LogP contribution is 2.12. The van der Waals surface area contributed by atoms with Gasteiger partial charge in [0.2, 0.25) is 12.2 Å². The van der Waals surface area contributed by atoms with Gasteiger partial charge in [0.15, 0.2) is 0 Å². The molecule has 0 saturated carbocycles. The molecule has 0 heterocycles. The molecule has 0 aromatic heterocycles. The van der Waals surface area contributed by atoms with Crippen molar-refractivity contribution in [1.29, 1.82) is 0 Å². The van der Waals surface area contributed by atoms with E-state index in [1.165, 1.54) is 11.1 Å². The summed E-state index contributed by atoms with van der Waals surface area (Å²) in [6.45, 7) is 3.82. The highest BCUT2D eigenvalue weighted by molar-refractivity contribution is 5.34. The molecule has 0 aliphatic rings. The van der Waals surface area contributed by atoms with Crippen LogP contribution in [0, 0.1) is 0 Å². The molecule has 1 rings (SSSR count). The predicted octanol–water partition coefficient (Wildman–Crippen LogP) is 3.00. The van der Waals surface area contributed by atoms with E-state index < -0.39 is 0 Å². The molecule has 1 aromatic rings. The summed E-state index contributed by atoms with van der Waals surface area (Å²) in [4.78, 5) is 27.7. The lowest BCUT2D eigenvalue weighted by Gasteiger charge is -2.08. The number of carbonyl (C=O) groups excluding carboxylic acids is 2. The SMILES string of the molecule is CC(CCc1cccc(CCC(C)N=C=O)c1)N=C=O. The molecule has 0 aliphatic heterocycles. The number of aryl methyl sites for hydroxylation is 2. The lowest BCUT2D eigenvalue weighted by atomic mass is 10.0. The minimum absolute atomic E-state index is 0.0121. The molecule has 0 radical (unpaired) electrons. The van der Waals surface area contributed by atoms with Crippen LogP contribution in [0.15, 0.2) is 34.3 Å². The van der Waals surface area contributed by atoms with Gasteiger partial charge in [-0.3, -0.25) is 0 Å². The number of hydrogen-bond donors (Lipinski definition) is 0. The van der Waals surface area contributed by atoms with Crippen molar-refractivity contribution in [2.45, 2.75) is 51.6 Å². The maximum absolute atomic E-state index is 10.2. The molecule has 0 spiro atoms.